The summed E-state index contributed by atoms with van der Waals surface area (Å²) in [5.74, 6) is -2.41. The van der Waals surface area contributed by atoms with E-state index in [-0.39, 0.29) is 22.1 Å². The van der Waals surface area contributed by atoms with Crippen LogP contribution in [0.4, 0.5) is 0 Å². The summed E-state index contributed by atoms with van der Waals surface area (Å²) in [7, 11) is 0. The first-order valence-electron chi connectivity index (χ1n) is 9.06. The van der Waals surface area contributed by atoms with E-state index in [1.807, 2.05) is 31.2 Å². The van der Waals surface area contributed by atoms with Crippen LogP contribution in [0.5, 0.6) is 5.75 Å². The number of fused-ring (bicyclic) bond motifs is 1. The van der Waals surface area contributed by atoms with Crippen molar-refractivity contribution in [2.75, 3.05) is 6.61 Å². The first kappa shape index (κ1) is 21.7. The molecule has 3 rings (SSSR count). The van der Waals surface area contributed by atoms with Crippen molar-refractivity contribution in [3.05, 3.63) is 40.9 Å². The summed E-state index contributed by atoms with van der Waals surface area (Å²) < 4.78 is 5.68. The second kappa shape index (κ2) is 9.23. The number of thioether (sulfide) groups is 1. The molecule has 0 unspecified atom stereocenters. The maximum atomic E-state index is 12.8. The maximum absolute atomic E-state index is 12.8. The molecular weight excluding hydrogens is 428 g/mol. The molecule has 0 aliphatic carbocycles. The molecule has 1 amide bonds. The van der Waals surface area contributed by atoms with Gasteiger partial charge in [-0.2, -0.15) is 0 Å². The lowest BCUT2D eigenvalue weighted by atomic mass is 10.1. The first-order valence-corrected chi connectivity index (χ1v) is 10.3. The van der Waals surface area contributed by atoms with Crippen LogP contribution in [0.3, 0.4) is 0 Å². The number of hydrogen-bond acceptors (Lipinski definition) is 7. The van der Waals surface area contributed by atoms with Crippen LogP contribution in [0, 0.1) is 0 Å². The highest BCUT2D eigenvalue weighted by Crippen LogP contribution is 2.35. The van der Waals surface area contributed by atoms with Crippen molar-refractivity contribution in [3.8, 4) is 5.75 Å². The number of carbonyl (C=O) groups is 3. The number of benzene rings is 1. The van der Waals surface area contributed by atoms with E-state index in [9.17, 15) is 19.5 Å². The lowest BCUT2D eigenvalue weighted by Gasteiger charge is -2.22. The first-order chi connectivity index (χ1) is 14.3. The van der Waals surface area contributed by atoms with Crippen LogP contribution in [0.15, 0.2) is 35.2 Å². The number of carboxylic acids is 2. The van der Waals surface area contributed by atoms with Gasteiger partial charge in [0.05, 0.1) is 17.2 Å². The molecule has 10 heteroatoms. The number of aromatic nitrogens is 1. The van der Waals surface area contributed by atoms with Gasteiger partial charge < -0.3 is 14.9 Å². The zero-order valence-corrected chi connectivity index (χ0v) is 17.5. The third kappa shape index (κ3) is 4.60. The van der Waals surface area contributed by atoms with Crippen molar-refractivity contribution < 1.29 is 29.3 Å². The fourth-order valence-electron chi connectivity index (χ4n) is 2.99. The highest BCUT2D eigenvalue weighted by atomic mass is 32.2. The zero-order valence-electron chi connectivity index (χ0n) is 15.9. The second-order valence-electron chi connectivity index (χ2n) is 6.34. The van der Waals surface area contributed by atoms with Gasteiger partial charge in [0.25, 0.3) is 5.91 Å². The Hall–Kier alpha value is -2.98. The van der Waals surface area contributed by atoms with Gasteiger partial charge in [-0.3, -0.25) is 14.5 Å². The molecule has 30 heavy (non-hydrogen) atoms. The Labute approximate surface area is 181 Å². The topological polar surface area (TPSA) is 117 Å². The van der Waals surface area contributed by atoms with Gasteiger partial charge >= 0.3 is 11.9 Å². The number of amides is 1. The average molecular weight is 447 g/mol. The number of carboxylic acid groups (broad SMARTS) is 2. The third-order valence-corrected chi connectivity index (χ3v) is 5.67. The quantitative estimate of drug-likeness (QED) is 0.466. The molecule has 0 spiro atoms. The third-order valence-electron chi connectivity index (χ3n) is 4.34. The smallest absolute Gasteiger partial charge is 0.326 e. The van der Waals surface area contributed by atoms with Gasteiger partial charge in [0, 0.05) is 11.8 Å². The number of para-hydroxylation sites is 1. The highest BCUT2D eigenvalue weighted by Gasteiger charge is 2.40. The zero-order chi connectivity index (χ0) is 21.8. The summed E-state index contributed by atoms with van der Waals surface area (Å²) >= 11 is 6.16. The largest absolute Gasteiger partial charge is 0.492 e. The predicted molar refractivity (Wildman–Crippen MR) is 116 cm³/mol. The number of thiocarbonyl (C=S) groups is 1. The number of ether oxygens (including phenoxy) is 1. The lowest BCUT2D eigenvalue weighted by molar-refractivity contribution is -0.146. The van der Waals surface area contributed by atoms with Crippen molar-refractivity contribution >= 4 is 63.1 Å². The van der Waals surface area contributed by atoms with Gasteiger partial charge in [0.2, 0.25) is 0 Å². The molecule has 156 valence electrons. The summed E-state index contributed by atoms with van der Waals surface area (Å²) in [6.07, 6.45) is 0.910. The number of nitrogens with zero attached hydrogens (tertiary/aromatic N) is 2. The van der Waals surface area contributed by atoms with Gasteiger partial charge in [-0.25, -0.2) is 9.78 Å². The SMILES string of the molecule is CCOc1cccc2ccc(/C=C3/SC(=S)N([C@H](CCC(=O)O)C(=O)O)C3=O)nc12. The van der Waals surface area contributed by atoms with Crippen LogP contribution in [0.25, 0.3) is 17.0 Å². The summed E-state index contributed by atoms with van der Waals surface area (Å²) in [6, 6.07) is 7.82. The Morgan fingerprint density at radius 1 is 1.30 bits per heavy atom. The van der Waals surface area contributed by atoms with E-state index < -0.39 is 23.9 Å². The van der Waals surface area contributed by atoms with Crippen LogP contribution >= 0.6 is 24.0 Å². The number of aliphatic carboxylic acids is 2. The average Bonchev–Trinajstić information content (AvgIpc) is 2.96. The van der Waals surface area contributed by atoms with Crippen LogP contribution in [0.2, 0.25) is 0 Å². The van der Waals surface area contributed by atoms with Gasteiger partial charge in [-0.05, 0) is 31.6 Å². The molecule has 1 aromatic heterocycles. The minimum Gasteiger partial charge on any atom is -0.492 e. The molecule has 1 aliphatic heterocycles. The van der Waals surface area contributed by atoms with Crippen LogP contribution in [-0.4, -0.2) is 54.9 Å². The molecule has 2 N–H and O–H groups in total. The van der Waals surface area contributed by atoms with Crippen molar-refractivity contribution in [1.29, 1.82) is 0 Å². The Morgan fingerprint density at radius 2 is 2.07 bits per heavy atom. The Balaban J connectivity index is 1.92. The van der Waals surface area contributed by atoms with Crippen LogP contribution < -0.4 is 4.74 Å². The summed E-state index contributed by atoms with van der Waals surface area (Å²) in [5.41, 5.74) is 1.14. The normalized spacial score (nSPS) is 16.3. The van der Waals surface area contributed by atoms with E-state index in [0.717, 1.165) is 22.0 Å². The van der Waals surface area contributed by atoms with Crippen molar-refractivity contribution in [2.24, 2.45) is 0 Å². The van der Waals surface area contributed by atoms with E-state index in [1.165, 1.54) is 6.08 Å². The molecule has 1 saturated heterocycles. The molecule has 0 radical (unpaired) electrons. The molecule has 1 aromatic carbocycles. The molecule has 1 fully saturated rings. The molecule has 8 nitrogen and oxygen atoms in total. The van der Waals surface area contributed by atoms with Gasteiger partial charge in [0.1, 0.15) is 21.6 Å². The number of hydrogen-bond donors (Lipinski definition) is 2. The van der Waals surface area contributed by atoms with E-state index in [0.29, 0.717) is 23.6 Å². The molecular formula is C20H18N2O6S2. The standard InChI is InChI=1S/C20H18N2O6S2/c1-2-28-14-5-3-4-11-6-7-12(21-17(11)14)10-15-18(25)22(20(29)30-15)13(19(26)27)8-9-16(23)24/h3-7,10,13H,2,8-9H2,1H3,(H,23,24)(H,26,27)/b15-10+/t13-/m1/s1. The molecule has 2 aromatic rings. The lowest BCUT2D eigenvalue weighted by Crippen LogP contribution is -2.44. The van der Waals surface area contributed by atoms with Crippen LogP contribution in [0.1, 0.15) is 25.5 Å². The molecule has 1 aliphatic rings. The van der Waals surface area contributed by atoms with Crippen molar-refractivity contribution in [1.82, 2.24) is 9.88 Å². The summed E-state index contributed by atoms with van der Waals surface area (Å²) in [6.45, 7) is 2.36. The Bertz CT molecular complexity index is 1070. The molecule has 1 atom stereocenters. The fraction of sp³-hybridized carbons (Fsp3) is 0.250. The monoisotopic (exact) mass is 446 g/mol. The molecule has 2 heterocycles. The van der Waals surface area contributed by atoms with E-state index in [4.69, 9.17) is 22.1 Å². The van der Waals surface area contributed by atoms with E-state index >= 15 is 0 Å². The number of pyridine rings is 1. The molecule has 0 saturated carbocycles. The Kier molecular flexibility index (Phi) is 6.68. The maximum Gasteiger partial charge on any atom is 0.326 e. The highest BCUT2D eigenvalue weighted by molar-refractivity contribution is 8.26. The fourth-order valence-corrected chi connectivity index (χ4v) is 4.33. The Morgan fingerprint density at radius 3 is 2.73 bits per heavy atom. The summed E-state index contributed by atoms with van der Waals surface area (Å²) in [5, 5.41) is 19.2. The minimum atomic E-state index is -1.34. The number of carbonyl (C=O) groups excluding carboxylic acids is 1. The predicted octanol–water partition coefficient (Wildman–Crippen LogP) is 3.15. The second-order valence-corrected chi connectivity index (χ2v) is 8.01. The van der Waals surface area contributed by atoms with Gasteiger partial charge in [0.15, 0.2) is 0 Å². The number of rotatable bonds is 8. The van der Waals surface area contributed by atoms with Crippen molar-refractivity contribution in [3.63, 3.8) is 0 Å². The van der Waals surface area contributed by atoms with Gasteiger partial charge in [-0.15, -0.1) is 0 Å². The molecule has 0 bridgehead atoms. The minimum absolute atomic E-state index is 0.0693. The van der Waals surface area contributed by atoms with Gasteiger partial charge in [-0.1, -0.05) is 42.2 Å². The van der Waals surface area contributed by atoms with Crippen molar-refractivity contribution in [2.45, 2.75) is 25.8 Å². The summed E-state index contributed by atoms with van der Waals surface area (Å²) in [4.78, 5) is 41.0. The van der Waals surface area contributed by atoms with Crippen LogP contribution in [-0.2, 0) is 14.4 Å². The van der Waals surface area contributed by atoms with E-state index in [2.05, 4.69) is 4.98 Å². The van der Waals surface area contributed by atoms with E-state index in [1.54, 1.807) is 6.07 Å².